The molecule has 1 N–H and O–H groups in total. The molecule has 2 heterocycles. The molecule has 1 unspecified atom stereocenters. The van der Waals surface area contributed by atoms with Gasteiger partial charge in [-0.15, -0.1) is 0 Å². The predicted molar refractivity (Wildman–Crippen MR) is 60.1 cm³/mol. The van der Waals surface area contributed by atoms with Crippen molar-refractivity contribution in [2.45, 2.75) is 25.1 Å². The molecule has 2 saturated heterocycles. The number of nitrogens with one attached hydrogen (secondary N) is 1. The van der Waals surface area contributed by atoms with Crippen LogP contribution in [0.15, 0.2) is 0 Å². The minimum atomic E-state index is -4.26. The third kappa shape index (κ3) is 3.58. The summed E-state index contributed by atoms with van der Waals surface area (Å²) in [6.45, 7) is 1.87. The van der Waals surface area contributed by atoms with Gasteiger partial charge in [0, 0.05) is 25.7 Å². The van der Waals surface area contributed by atoms with Gasteiger partial charge in [0.15, 0.2) is 0 Å². The minimum absolute atomic E-state index is 0.230. The maximum Gasteiger partial charge on any atom is 0.401 e. The van der Waals surface area contributed by atoms with Crippen LogP contribution in [0.25, 0.3) is 0 Å². The Morgan fingerprint density at radius 1 is 1.28 bits per heavy atom. The zero-order valence-electron chi connectivity index (χ0n) is 10.2. The molecule has 2 aliphatic rings. The number of carbonyl (C=O) groups excluding carboxylic acids is 1. The second kappa shape index (κ2) is 5.44. The lowest BCUT2D eigenvalue weighted by Crippen LogP contribution is -2.54. The van der Waals surface area contributed by atoms with E-state index in [2.05, 4.69) is 10.2 Å². The Hall–Kier alpha value is -0.820. The molecule has 104 valence electrons. The van der Waals surface area contributed by atoms with Gasteiger partial charge in [-0.3, -0.25) is 9.69 Å². The molecular formula is C11H18F3N3O. The topological polar surface area (TPSA) is 35.6 Å². The van der Waals surface area contributed by atoms with Gasteiger partial charge in [0.1, 0.15) is 0 Å². The molecule has 0 radical (unpaired) electrons. The summed E-state index contributed by atoms with van der Waals surface area (Å²) in [6.07, 6.45) is -2.02. The molecule has 2 fully saturated rings. The zero-order chi connectivity index (χ0) is 13.2. The quantitative estimate of drug-likeness (QED) is 0.804. The fraction of sp³-hybridized carbons (Fsp3) is 0.909. The second-order valence-corrected chi connectivity index (χ2v) is 4.89. The minimum Gasteiger partial charge on any atom is -0.339 e. The molecule has 0 bridgehead atoms. The van der Waals surface area contributed by atoms with Crippen molar-refractivity contribution in [3.8, 4) is 0 Å². The summed E-state index contributed by atoms with van der Waals surface area (Å²) in [5.74, 6) is -0.231. The van der Waals surface area contributed by atoms with Crippen LogP contribution in [0.4, 0.5) is 13.2 Å². The molecule has 7 heteroatoms. The van der Waals surface area contributed by atoms with E-state index in [-0.39, 0.29) is 12.5 Å². The molecule has 4 nitrogen and oxygen atoms in total. The normalized spacial score (nSPS) is 25.3. The first kappa shape index (κ1) is 13.6. The number of hydrogen-bond acceptors (Lipinski definition) is 3. The van der Waals surface area contributed by atoms with Crippen LogP contribution in [0.1, 0.15) is 12.8 Å². The van der Waals surface area contributed by atoms with Crippen molar-refractivity contribution < 1.29 is 18.0 Å². The molecule has 2 rings (SSSR count). The summed E-state index contributed by atoms with van der Waals surface area (Å²) in [5.41, 5.74) is 0. The van der Waals surface area contributed by atoms with Crippen molar-refractivity contribution in [2.75, 3.05) is 39.3 Å². The van der Waals surface area contributed by atoms with Crippen LogP contribution in [-0.2, 0) is 4.79 Å². The Morgan fingerprint density at radius 2 is 2.06 bits per heavy atom. The summed E-state index contributed by atoms with van der Waals surface area (Å²) in [5, 5.41) is 2.15. The van der Waals surface area contributed by atoms with Crippen molar-refractivity contribution in [3.05, 3.63) is 0 Å². The summed E-state index contributed by atoms with van der Waals surface area (Å²) in [4.78, 5) is 15.8. The third-order valence-electron chi connectivity index (χ3n) is 3.54. The van der Waals surface area contributed by atoms with Crippen LogP contribution in [0.3, 0.4) is 0 Å². The molecule has 0 aromatic carbocycles. The van der Waals surface area contributed by atoms with E-state index < -0.39 is 12.7 Å². The highest BCUT2D eigenvalue weighted by atomic mass is 19.4. The van der Waals surface area contributed by atoms with Crippen molar-refractivity contribution in [2.24, 2.45) is 0 Å². The molecular weight excluding hydrogens is 247 g/mol. The van der Waals surface area contributed by atoms with Crippen LogP contribution in [0, 0.1) is 0 Å². The first-order valence-electron chi connectivity index (χ1n) is 6.25. The van der Waals surface area contributed by atoms with E-state index in [0.29, 0.717) is 19.1 Å². The number of hydrogen-bond donors (Lipinski definition) is 1. The van der Waals surface area contributed by atoms with Crippen molar-refractivity contribution >= 4 is 5.91 Å². The number of alkyl halides is 3. The van der Waals surface area contributed by atoms with E-state index >= 15 is 0 Å². The summed E-state index contributed by atoms with van der Waals surface area (Å²) in [6, 6.07) is 0.408. The van der Waals surface area contributed by atoms with Crippen LogP contribution in [-0.4, -0.2) is 67.2 Å². The predicted octanol–water partition coefficient (Wildman–Crippen LogP) is 0.445. The lowest BCUT2D eigenvalue weighted by Gasteiger charge is -2.37. The van der Waals surface area contributed by atoms with Gasteiger partial charge in [-0.05, 0) is 19.4 Å². The maximum absolute atomic E-state index is 11.9. The summed E-state index contributed by atoms with van der Waals surface area (Å²) >= 11 is 0. The highest BCUT2D eigenvalue weighted by Crippen LogP contribution is 2.21. The first-order valence-corrected chi connectivity index (χ1v) is 6.25. The van der Waals surface area contributed by atoms with Gasteiger partial charge in [0.05, 0.1) is 13.1 Å². The summed E-state index contributed by atoms with van der Waals surface area (Å²) in [7, 11) is 0. The van der Waals surface area contributed by atoms with Crippen molar-refractivity contribution in [3.63, 3.8) is 0 Å². The number of carbonyl (C=O) groups is 1. The van der Waals surface area contributed by atoms with Gasteiger partial charge in [0.2, 0.25) is 5.91 Å². The number of nitrogens with zero attached hydrogens (tertiary/aromatic N) is 2. The number of fused-ring (bicyclic) bond motifs is 1. The average molecular weight is 265 g/mol. The van der Waals surface area contributed by atoms with E-state index in [4.69, 9.17) is 0 Å². The molecule has 18 heavy (non-hydrogen) atoms. The number of piperazine rings is 1. The van der Waals surface area contributed by atoms with Crippen LogP contribution < -0.4 is 5.32 Å². The van der Waals surface area contributed by atoms with E-state index in [9.17, 15) is 18.0 Å². The van der Waals surface area contributed by atoms with Gasteiger partial charge >= 0.3 is 6.18 Å². The first-order chi connectivity index (χ1) is 8.46. The molecule has 0 spiro atoms. The molecule has 0 aliphatic carbocycles. The smallest absolute Gasteiger partial charge is 0.339 e. The Labute approximate surface area is 104 Å². The lowest BCUT2D eigenvalue weighted by atomic mass is 10.1. The molecule has 2 aliphatic heterocycles. The number of amides is 1. The molecule has 0 aromatic heterocycles. The standard InChI is InChI=1S/C11H18F3N3O/c12-11(13,14)8-15-6-10(18)17-5-4-16-3-1-2-9(16)7-17/h9,15H,1-8H2. The average Bonchev–Trinajstić information content (AvgIpc) is 2.73. The Morgan fingerprint density at radius 3 is 2.78 bits per heavy atom. The van der Waals surface area contributed by atoms with E-state index in [1.54, 1.807) is 4.90 Å². The van der Waals surface area contributed by atoms with E-state index in [1.165, 1.54) is 0 Å². The Bertz CT molecular complexity index is 308. The fourth-order valence-electron chi connectivity index (χ4n) is 2.64. The van der Waals surface area contributed by atoms with Crippen LogP contribution in [0.5, 0.6) is 0 Å². The summed E-state index contributed by atoms with van der Waals surface area (Å²) < 4.78 is 35.8. The second-order valence-electron chi connectivity index (χ2n) is 4.89. The lowest BCUT2D eigenvalue weighted by molar-refractivity contribution is -0.136. The molecule has 0 saturated carbocycles. The maximum atomic E-state index is 11.9. The van der Waals surface area contributed by atoms with Crippen molar-refractivity contribution in [1.82, 2.24) is 15.1 Å². The van der Waals surface area contributed by atoms with Gasteiger partial charge in [0.25, 0.3) is 0 Å². The SMILES string of the molecule is O=C(CNCC(F)(F)F)N1CCN2CCCC2C1. The fourth-order valence-corrected chi connectivity index (χ4v) is 2.64. The molecule has 1 atom stereocenters. The van der Waals surface area contributed by atoms with Gasteiger partial charge in [-0.25, -0.2) is 0 Å². The van der Waals surface area contributed by atoms with E-state index in [1.807, 2.05) is 0 Å². The van der Waals surface area contributed by atoms with E-state index in [0.717, 1.165) is 25.9 Å². The number of halogens is 3. The number of rotatable bonds is 3. The highest BCUT2D eigenvalue weighted by molar-refractivity contribution is 5.78. The Balaban J connectivity index is 1.73. The molecule has 1 amide bonds. The third-order valence-corrected chi connectivity index (χ3v) is 3.54. The van der Waals surface area contributed by atoms with Gasteiger partial charge < -0.3 is 10.2 Å². The highest BCUT2D eigenvalue weighted by Gasteiger charge is 2.32. The van der Waals surface area contributed by atoms with Crippen LogP contribution >= 0.6 is 0 Å². The van der Waals surface area contributed by atoms with Crippen molar-refractivity contribution in [1.29, 1.82) is 0 Å². The Kier molecular flexibility index (Phi) is 4.11. The monoisotopic (exact) mass is 265 g/mol. The largest absolute Gasteiger partial charge is 0.401 e. The zero-order valence-corrected chi connectivity index (χ0v) is 10.2. The van der Waals surface area contributed by atoms with Crippen LogP contribution in [0.2, 0.25) is 0 Å². The molecule has 0 aromatic rings. The van der Waals surface area contributed by atoms with Gasteiger partial charge in [-0.1, -0.05) is 0 Å². The van der Waals surface area contributed by atoms with Gasteiger partial charge in [-0.2, -0.15) is 13.2 Å².